The summed E-state index contributed by atoms with van der Waals surface area (Å²) in [6, 6.07) is 0. The van der Waals surface area contributed by atoms with Crippen molar-refractivity contribution in [2.75, 3.05) is 13.2 Å². The summed E-state index contributed by atoms with van der Waals surface area (Å²) in [7, 11) is 0. The van der Waals surface area contributed by atoms with Crippen molar-refractivity contribution in [2.24, 2.45) is 5.41 Å². The second-order valence-electron chi connectivity index (χ2n) is 8.79. The van der Waals surface area contributed by atoms with Gasteiger partial charge in [-0.25, -0.2) is 0 Å². The third-order valence-electron chi connectivity index (χ3n) is 5.86. The molecule has 0 bridgehead atoms. The van der Waals surface area contributed by atoms with E-state index in [2.05, 4.69) is 13.8 Å². The van der Waals surface area contributed by atoms with Gasteiger partial charge in [0.1, 0.15) is 5.41 Å². The summed E-state index contributed by atoms with van der Waals surface area (Å²) in [5.41, 5.74) is -1.67. The number of hydrogen-bond donors (Lipinski definition) is 2. The highest BCUT2D eigenvalue weighted by Crippen LogP contribution is 2.38. The molecule has 0 aliphatic heterocycles. The number of carboxylic acids is 2. The Bertz CT molecular complexity index is 553. The lowest BCUT2D eigenvalue weighted by Crippen LogP contribution is -2.53. The number of hydrogen-bond acceptors (Lipinski definition) is 8. The first-order chi connectivity index (χ1) is 16.4. The molecule has 208 valence electrons. The molecule has 0 saturated heterocycles. The highest BCUT2D eigenvalue weighted by atomic mass is 16.8. The van der Waals surface area contributed by atoms with Gasteiger partial charge in [0.05, 0.1) is 12.2 Å². The Labute approximate surface area is 210 Å². The number of carbonyl (C=O) groups is 2. The molecule has 35 heavy (non-hydrogen) atoms. The van der Waals surface area contributed by atoms with E-state index in [1.807, 2.05) is 0 Å². The summed E-state index contributed by atoms with van der Waals surface area (Å²) in [4.78, 5) is 23.9. The standard InChI is InChI=1S/C25H48O10/c1-9-11-15-30-19(5)34-21(7)32-17(3)25(24(28)29,14-13-23(26)27)18(4)33-22(8)35-20(6)31-16-12-10-2/h17-22H,9-16H2,1-8H3,(H,26,27)(H,28,29). The van der Waals surface area contributed by atoms with Crippen LogP contribution in [0.25, 0.3) is 0 Å². The predicted octanol–water partition coefficient (Wildman–Crippen LogP) is 4.78. The molecule has 10 heteroatoms. The second-order valence-corrected chi connectivity index (χ2v) is 8.79. The van der Waals surface area contributed by atoms with Crippen molar-refractivity contribution in [3.63, 3.8) is 0 Å². The smallest absolute Gasteiger partial charge is 0.314 e. The Morgan fingerprint density at radius 1 is 0.686 bits per heavy atom. The maximum absolute atomic E-state index is 12.6. The van der Waals surface area contributed by atoms with Crippen LogP contribution in [0.4, 0.5) is 0 Å². The lowest BCUT2D eigenvalue weighted by Gasteiger charge is -2.41. The van der Waals surface area contributed by atoms with E-state index in [4.69, 9.17) is 28.4 Å². The lowest BCUT2D eigenvalue weighted by atomic mass is 9.74. The van der Waals surface area contributed by atoms with Crippen molar-refractivity contribution in [1.29, 1.82) is 0 Å². The lowest BCUT2D eigenvalue weighted by molar-refractivity contribution is -0.281. The zero-order valence-electron chi connectivity index (χ0n) is 22.8. The first-order valence-electron chi connectivity index (χ1n) is 12.7. The molecule has 0 aromatic heterocycles. The molecule has 10 nitrogen and oxygen atoms in total. The van der Waals surface area contributed by atoms with Crippen molar-refractivity contribution in [3.05, 3.63) is 0 Å². The van der Waals surface area contributed by atoms with Crippen LogP contribution in [0.5, 0.6) is 0 Å². The van der Waals surface area contributed by atoms with Gasteiger partial charge >= 0.3 is 11.9 Å². The van der Waals surface area contributed by atoms with Gasteiger partial charge in [-0.3, -0.25) is 9.59 Å². The van der Waals surface area contributed by atoms with Gasteiger partial charge in [-0.05, 0) is 60.8 Å². The summed E-state index contributed by atoms with van der Waals surface area (Å²) in [6.07, 6.45) is -1.37. The van der Waals surface area contributed by atoms with Crippen molar-refractivity contribution in [1.82, 2.24) is 0 Å². The van der Waals surface area contributed by atoms with E-state index in [1.165, 1.54) is 0 Å². The Balaban J connectivity index is 5.41. The molecule has 0 aliphatic carbocycles. The Morgan fingerprint density at radius 2 is 1.09 bits per heavy atom. The SMILES string of the molecule is CCCCOC(C)OC(C)OC(C)C(CCC(=O)O)(C(=O)O)C(C)OC(C)OC(C)OCCCC. The van der Waals surface area contributed by atoms with Gasteiger partial charge in [0, 0.05) is 19.6 Å². The fraction of sp³-hybridized carbons (Fsp3) is 0.920. The predicted molar refractivity (Wildman–Crippen MR) is 130 cm³/mol. The Hall–Kier alpha value is -1.30. The average molecular weight is 509 g/mol. The molecule has 0 aromatic rings. The molecule has 2 N–H and O–H groups in total. The van der Waals surface area contributed by atoms with Gasteiger partial charge in [0.25, 0.3) is 0 Å². The van der Waals surface area contributed by atoms with Crippen LogP contribution in [-0.2, 0) is 38.0 Å². The highest BCUT2D eigenvalue weighted by molar-refractivity contribution is 5.77. The first-order valence-corrected chi connectivity index (χ1v) is 12.7. The molecule has 0 amide bonds. The molecular formula is C25H48O10. The van der Waals surface area contributed by atoms with Crippen LogP contribution in [0.3, 0.4) is 0 Å². The minimum absolute atomic E-state index is 0.204. The molecule has 0 saturated carbocycles. The van der Waals surface area contributed by atoms with Crippen LogP contribution in [0, 0.1) is 5.41 Å². The van der Waals surface area contributed by atoms with Crippen LogP contribution in [0.15, 0.2) is 0 Å². The van der Waals surface area contributed by atoms with E-state index in [0.717, 1.165) is 25.7 Å². The van der Waals surface area contributed by atoms with Gasteiger partial charge < -0.3 is 38.6 Å². The van der Waals surface area contributed by atoms with Crippen LogP contribution < -0.4 is 0 Å². The quantitative estimate of drug-likeness (QED) is 0.156. The third-order valence-corrected chi connectivity index (χ3v) is 5.86. The molecule has 0 aromatic carbocycles. The van der Waals surface area contributed by atoms with Crippen molar-refractivity contribution in [3.8, 4) is 0 Å². The van der Waals surface area contributed by atoms with Crippen LogP contribution in [0.1, 0.15) is 93.9 Å². The minimum atomic E-state index is -1.67. The number of aliphatic carboxylic acids is 2. The normalized spacial score (nSPS) is 18.7. The monoisotopic (exact) mass is 508 g/mol. The summed E-state index contributed by atoms with van der Waals surface area (Å²) in [5.74, 6) is -2.34. The number of rotatable bonds is 22. The van der Waals surface area contributed by atoms with Crippen LogP contribution in [0.2, 0.25) is 0 Å². The summed E-state index contributed by atoms with van der Waals surface area (Å²) < 4.78 is 34.4. The Morgan fingerprint density at radius 3 is 1.40 bits per heavy atom. The molecule has 0 fully saturated rings. The van der Waals surface area contributed by atoms with E-state index in [0.29, 0.717) is 13.2 Å². The fourth-order valence-electron chi connectivity index (χ4n) is 3.79. The third kappa shape index (κ3) is 13.0. The van der Waals surface area contributed by atoms with Crippen LogP contribution >= 0.6 is 0 Å². The summed E-state index contributed by atoms with van der Waals surface area (Å²) in [5, 5.41) is 19.5. The van der Waals surface area contributed by atoms with Crippen molar-refractivity contribution >= 4 is 11.9 Å². The first kappa shape index (κ1) is 33.7. The van der Waals surface area contributed by atoms with E-state index < -0.39 is 54.7 Å². The number of ether oxygens (including phenoxy) is 6. The molecular weight excluding hydrogens is 460 g/mol. The van der Waals surface area contributed by atoms with Gasteiger partial charge in [-0.15, -0.1) is 0 Å². The molecule has 0 radical (unpaired) electrons. The van der Waals surface area contributed by atoms with Crippen LogP contribution in [-0.4, -0.2) is 72.7 Å². The average Bonchev–Trinajstić information content (AvgIpc) is 2.73. The van der Waals surface area contributed by atoms with Crippen molar-refractivity contribution in [2.45, 2.75) is 131 Å². The molecule has 6 atom stereocenters. The summed E-state index contributed by atoms with van der Waals surface area (Å²) >= 11 is 0. The van der Waals surface area contributed by atoms with Gasteiger partial charge in [0.2, 0.25) is 0 Å². The van der Waals surface area contributed by atoms with E-state index in [1.54, 1.807) is 41.5 Å². The molecule has 0 heterocycles. The molecule has 0 spiro atoms. The molecule has 6 unspecified atom stereocenters. The topological polar surface area (TPSA) is 130 Å². The highest BCUT2D eigenvalue weighted by Gasteiger charge is 2.51. The number of carboxylic acid groups (broad SMARTS) is 2. The van der Waals surface area contributed by atoms with Gasteiger partial charge in [0.15, 0.2) is 25.2 Å². The largest absolute Gasteiger partial charge is 0.481 e. The Kier molecular flexibility index (Phi) is 17.4. The zero-order chi connectivity index (χ0) is 27.0. The molecule has 0 aliphatic rings. The summed E-state index contributed by atoms with van der Waals surface area (Å²) in [6.45, 7) is 15.1. The van der Waals surface area contributed by atoms with E-state index in [-0.39, 0.29) is 12.8 Å². The number of unbranched alkanes of at least 4 members (excludes halogenated alkanes) is 2. The maximum Gasteiger partial charge on any atom is 0.314 e. The van der Waals surface area contributed by atoms with Crippen molar-refractivity contribution < 1.29 is 48.2 Å². The van der Waals surface area contributed by atoms with E-state index in [9.17, 15) is 19.8 Å². The minimum Gasteiger partial charge on any atom is -0.481 e. The maximum atomic E-state index is 12.6. The second kappa shape index (κ2) is 18.0. The fourth-order valence-corrected chi connectivity index (χ4v) is 3.79. The van der Waals surface area contributed by atoms with Gasteiger partial charge in [-0.2, -0.15) is 0 Å². The zero-order valence-corrected chi connectivity index (χ0v) is 22.8. The van der Waals surface area contributed by atoms with Gasteiger partial charge in [-0.1, -0.05) is 26.7 Å². The molecule has 0 rings (SSSR count). The van der Waals surface area contributed by atoms with E-state index >= 15 is 0 Å².